The molecule has 0 aromatic heterocycles. The van der Waals surface area contributed by atoms with Crippen LogP contribution in [0.3, 0.4) is 0 Å². The Kier molecular flexibility index (Phi) is 6.75. The van der Waals surface area contributed by atoms with E-state index in [-0.39, 0.29) is 5.91 Å². The standard InChI is InChI=1S/C18H24N2O3S/c1-2-3-5-11-18(21)19-15-16-9-8-10-17(14-16)24(22,23)20-12-6-4-7-13-20/h2-3,5,8-11,14H,4,6-7,12-13,15H2,1H3,(H,19,21)/b3-2+,11-5-. The van der Waals surface area contributed by atoms with Gasteiger partial charge in [-0.05, 0) is 37.5 Å². The van der Waals surface area contributed by atoms with Gasteiger partial charge in [0.25, 0.3) is 0 Å². The summed E-state index contributed by atoms with van der Waals surface area (Å²) in [5.74, 6) is -0.211. The number of amides is 1. The summed E-state index contributed by atoms with van der Waals surface area (Å²) < 4.78 is 26.9. The zero-order valence-electron chi connectivity index (χ0n) is 13.9. The van der Waals surface area contributed by atoms with Crippen molar-refractivity contribution in [2.45, 2.75) is 37.6 Å². The maximum absolute atomic E-state index is 12.7. The minimum atomic E-state index is -3.44. The molecule has 1 N–H and O–H groups in total. The van der Waals surface area contributed by atoms with Crippen LogP contribution in [0.1, 0.15) is 31.7 Å². The van der Waals surface area contributed by atoms with E-state index >= 15 is 0 Å². The highest BCUT2D eigenvalue weighted by Crippen LogP contribution is 2.21. The van der Waals surface area contributed by atoms with Crippen LogP contribution >= 0.6 is 0 Å². The van der Waals surface area contributed by atoms with Crippen LogP contribution in [0.25, 0.3) is 0 Å². The van der Waals surface area contributed by atoms with E-state index in [0.717, 1.165) is 24.8 Å². The second kappa shape index (κ2) is 8.80. The largest absolute Gasteiger partial charge is 0.348 e. The van der Waals surface area contributed by atoms with Gasteiger partial charge in [0.1, 0.15) is 0 Å². The lowest BCUT2D eigenvalue weighted by atomic mass is 10.2. The van der Waals surface area contributed by atoms with E-state index in [0.29, 0.717) is 24.5 Å². The number of carbonyl (C=O) groups is 1. The Morgan fingerprint density at radius 2 is 1.96 bits per heavy atom. The first-order chi connectivity index (χ1) is 11.5. The highest BCUT2D eigenvalue weighted by Gasteiger charge is 2.25. The summed E-state index contributed by atoms with van der Waals surface area (Å²) >= 11 is 0. The van der Waals surface area contributed by atoms with Crippen molar-refractivity contribution in [1.82, 2.24) is 9.62 Å². The van der Waals surface area contributed by atoms with E-state index in [2.05, 4.69) is 5.32 Å². The van der Waals surface area contributed by atoms with Gasteiger partial charge in [-0.25, -0.2) is 8.42 Å². The van der Waals surface area contributed by atoms with Crippen molar-refractivity contribution in [3.8, 4) is 0 Å². The van der Waals surface area contributed by atoms with Crippen molar-refractivity contribution < 1.29 is 13.2 Å². The fourth-order valence-corrected chi connectivity index (χ4v) is 4.16. The average molecular weight is 348 g/mol. The fourth-order valence-electron chi connectivity index (χ4n) is 2.57. The maximum atomic E-state index is 12.7. The van der Waals surface area contributed by atoms with Crippen LogP contribution in [0.5, 0.6) is 0 Å². The van der Waals surface area contributed by atoms with Gasteiger partial charge >= 0.3 is 0 Å². The Labute approximate surface area is 144 Å². The van der Waals surface area contributed by atoms with Crippen LogP contribution in [0.4, 0.5) is 0 Å². The Morgan fingerprint density at radius 1 is 1.21 bits per heavy atom. The molecule has 24 heavy (non-hydrogen) atoms. The van der Waals surface area contributed by atoms with E-state index in [9.17, 15) is 13.2 Å². The molecule has 1 fully saturated rings. The molecule has 0 bridgehead atoms. The molecular formula is C18H24N2O3S. The average Bonchev–Trinajstić information content (AvgIpc) is 2.61. The Hall–Kier alpha value is -1.92. The molecule has 0 aliphatic carbocycles. The third kappa shape index (κ3) is 5.04. The first kappa shape index (κ1) is 18.4. The third-order valence-electron chi connectivity index (χ3n) is 3.87. The molecule has 1 heterocycles. The zero-order valence-corrected chi connectivity index (χ0v) is 14.8. The van der Waals surface area contributed by atoms with Gasteiger partial charge in [0.05, 0.1) is 4.90 Å². The van der Waals surface area contributed by atoms with Crippen molar-refractivity contribution in [3.05, 3.63) is 54.1 Å². The second-order valence-electron chi connectivity index (χ2n) is 5.71. The van der Waals surface area contributed by atoms with E-state index in [1.54, 1.807) is 34.7 Å². The molecule has 130 valence electrons. The summed E-state index contributed by atoms with van der Waals surface area (Å²) in [4.78, 5) is 12.0. The SMILES string of the molecule is C/C=C/C=C\C(=O)NCc1cccc(S(=O)(=O)N2CCCCC2)c1. The number of carbonyl (C=O) groups excluding carboxylic acids is 1. The van der Waals surface area contributed by atoms with Crippen molar-refractivity contribution in [2.75, 3.05) is 13.1 Å². The van der Waals surface area contributed by atoms with Gasteiger partial charge in [-0.2, -0.15) is 4.31 Å². The van der Waals surface area contributed by atoms with Crippen molar-refractivity contribution in [2.24, 2.45) is 0 Å². The Bertz CT molecular complexity index is 718. The molecule has 1 aliphatic rings. The monoisotopic (exact) mass is 348 g/mol. The van der Waals surface area contributed by atoms with Crippen molar-refractivity contribution >= 4 is 15.9 Å². The van der Waals surface area contributed by atoms with Crippen LogP contribution in [0.15, 0.2) is 53.5 Å². The van der Waals surface area contributed by atoms with E-state index in [1.807, 2.05) is 19.1 Å². The number of hydrogen-bond acceptors (Lipinski definition) is 3. The predicted molar refractivity (Wildman–Crippen MR) is 94.9 cm³/mol. The topological polar surface area (TPSA) is 66.5 Å². The first-order valence-corrected chi connectivity index (χ1v) is 9.64. The summed E-state index contributed by atoms with van der Waals surface area (Å²) in [7, 11) is -3.44. The van der Waals surface area contributed by atoms with Crippen LogP contribution in [-0.2, 0) is 21.4 Å². The molecule has 1 aromatic carbocycles. The van der Waals surface area contributed by atoms with Crippen LogP contribution in [0, 0.1) is 0 Å². The van der Waals surface area contributed by atoms with E-state index in [4.69, 9.17) is 0 Å². The smallest absolute Gasteiger partial charge is 0.244 e. The molecule has 2 rings (SSSR count). The highest BCUT2D eigenvalue weighted by atomic mass is 32.2. The number of nitrogens with zero attached hydrogens (tertiary/aromatic N) is 1. The summed E-state index contributed by atoms with van der Waals surface area (Å²) in [6, 6.07) is 6.78. The minimum absolute atomic E-state index is 0.211. The lowest BCUT2D eigenvalue weighted by Gasteiger charge is -2.26. The molecule has 1 amide bonds. The summed E-state index contributed by atoms with van der Waals surface area (Å²) in [6.45, 7) is 3.33. The van der Waals surface area contributed by atoms with E-state index < -0.39 is 10.0 Å². The lowest BCUT2D eigenvalue weighted by Crippen LogP contribution is -2.35. The fraction of sp³-hybridized carbons (Fsp3) is 0.389. The zero-order chi connectivity index (χ0) is 17.4. The van der Waals surface area contributed by atoms with Crippen LogP contribution < -0.4 is 5.32 Å². The summed E-state index contributed by atoms with van der Waals surface area (Å²) in [5, 5.41) is 2.75. The summed E-state index contributed by atoms with van der Waals surface area (Å²) in [6.07, 6.45) is 9.60. The minimum Gasteiger partial charge on any atom is -0.348 e. The molecule has 0 saturated carbocycles. The number of sulfonamides is 1. The number of rotatable bonds is 6. The van der Waals surface area contributed by atoms with Crippen LogP contribution in [-0.4, -0.2) is 31.7 Å². The predicted octanol–water partition coefficient (Wildman–Crippen LogP) is 2.61. The number of hydrogen-bond donors (Lipinski definition) is 1. The third-order valence-corrected chi connectivity index (χ3v) is 5.76. The Morgan fingerprint density at radius 3 is 2.67 bits per heavy atom. The Balaban J connectivity index is 2.04. The first-order valence-electron chi connectivity index (χ1n) is 8.20. The van der Waals surface area contributed by atoms with Crippen molar-refractivity contribution in [3.63, 3.8) is 0 Å². The van der Waals surface area contributed by atoms with E-state index in [1.165, 1.54) is 6.08 Å². The van der Waals surface area contributed by atoms with Gasteiger partial charge in [-0.3, -0.25) is 4.79 Å². The summed E-state index contributed by atoms with van der Waals surface area (Å²) in [5.41, 5.74) is 0.765. The molecule has 0 unspecified atom stereocenters. The van der Waals surface area contributed by atoms with Crippen LogP contribution in [0.2, 0.25) is 0 Å². The molecule has 1 aliphatic heterocycles. The maximum Gasteiger partial charge on any atom is 0.244 e. The number of nitrogens with one attached hydrogen (secondary N) is 1. The molecule has 1 saturated heterocycles. The van der Waals surface area contributed by atoms with Gasteiger partial charge in [-0.1, -0.05) is 36.8 Å². The molecule has 5 nitrogen and oxygen atoms in total. The van der Waals surface area contributed by atoms with Gasteiger partial charge in [0.15, 0.2) is 0 Å². The van der Waals surface area contributed by atoms with Gasteiger partial charge in [0, 0.05) is 25.7 Å². The van der Waals surface area contributed by atoms with Gasteiger partial charge in [-0.15, -0.1) is 0 Å². The molecule has 0 radical (unpaired) electrons. The van der Waals surface area contributed by atoms with Gasteiger partial charge < -0.3 is 5.32 Å². The second-order valence-corrected chi connectivity index (χ2v) is 7.65. The number of benzene rings is 1. The molecule has 1 aromatic rings. The normalized spacial score (nSPS) is 16.7. The number of piperidine rings is 1. The molecule has 6 heteroatoms. The molecular weight excluding hydrogens is 324 g/mol. The number of allylic oxidation sites excluding steroid dienone is 3. The molecule has 0 atom stereocenters. The lowest BCUT2D eigenvalue weighted by molar-refractivity contribution is -0.116. The molecule has 0 spiro atoms. The highest BCUT2D eigenvalue weighted by molar-refractivity contribution is 7.89. The van der Waals surface area contributed by atoms with Crippen molar-refractivity contribution in [1.29, 1.82) is 0 Å². The van der Waals surface area contributed by atoms with Gasteiger partial charge in [0.2, 0.25) is 15.9 Å². The quantitative estimate of drug-likeness (QED) is 0.635.